The standard InChI is InChI=1S/C18H27N3O3/c1-4-11-19-17(23)21-12-10-18(3,24)16(20-13(2)22)15(21)14-8-6-5-7-9-14/h5-9,15-16,24H,4,10-12H2,1-3H3,(H,19,23)(H,20,22). The van der Waals surface area contributed by atoms with Gasteiger partial charge >= 0.3 is 6.03 Å². The van der Waals surface area contributed by atoms with E-state index in [1.165, 1.54) is 6.92 Å². The van der Waals surface area contributed by atoms with Gasteiger partial charge < -0.3 is 20.6 Å². The van der Waals surface area contributed by atoms with Crippen molar-refractivity contribution < 1.29 is 14.7 Å². The molecule has 1 aliphatic rings. The minimum atomic E-state index is -1.09. The number of aliphatic hydroxyl groups is 1. The lowest BCUT2D eigenvalue weighted by Gasteiger charge is -2.48. The number of nitrogens with one attached hydrogen (secondary N) is 2. The molecule has 1 heterocycles. The lowest BCUT2D eigenvalue weighted by Crippen LogP contribution is -2.64. The molecule has 0 saturated carbocycles. The van der Waals surface area contributed by atoms with Gasteiger partial charge in [-0.15, -0.1) is 0 Å². The van der Waals surface area contributed by atoms with Gasteiger partial charge in [0.05, 0.1) is 17.7 Å². The SMILES string of the molecule is CCCNC(=O)N1CCC(C)(O)C(NC(C)=O)C1c1ccccc1. The molecule has 6 heteroatoms. The Balaban J connectivity index is 2.39. The van der Waals surface area contributed by atoms with Crippen LogP contribution < -0.4 is 10.6 Å². The molecule has 1 aromatic rings. The van der Waals surface area contributed by atoms with Crippen LogP contribution >= 0.6 is 0 Å². The lowest BCUT2D eigenvalue weighted by molar-refractivity contribution is -0.125. The maximum absolute atomic E-state index is 12.6. The summed E-state index contributed by atoms with van der Waals surface area (Å²) in [7, 11) is 0. The van der Waals surface area contributed by atoms with Crippen LogP contribution in [0.25, 0.3) is 0 Å². The number of carbonyl (C=O) groups excluding carboxylic acids is 2. The average Bonchev–Trinajstić information content (AvgIpc) is 2.54. The fraction of sp³-hybridized carbons (Fsp3) is 0.556. The summed E-state index contributed by atoms with van der Waals surface area (Å²) in [6.45, 7) is 6.16. The van der Waals surface area contributed by atoms with E-state index in [2.05, 4.69) is 10.6 Å². The zero-order chi connectivity index (χ0) is 17.7. The van der Waals surface area contributed by atoms with E-state index >= 15 is 0 Å². The summed E-state index contributed by atoms with van der Waals surface area (Å²) in [5, 5.41) is 16.6. The molecule has 0 radical (unpaired) electrons. The molecule has 0 aliphatic carbocycles. The van der Waals surface area contributed by atoms with E-state index in [1.54, 1.807) is 11.8 Å². The topological polar surface area (TPSA) is 81.7 Å². The second kappa shape index (κ2) is 7.66. The Hall–Kier alpha value is -2.08. The predicted octanol–water partition coefficient (Wildman–Crippen LogP) is 1.81. The molecule has 0 bridgehead atoms. The number of urea groups is 1. The number of likely N-dealkylation sites (tertiary alicyclic amines) is 1. The molecular weight excluding hydrogens is 306 g/mol. The number of amides is 3. The van der Waals surface area contributed by atoms with E-state index in [1.807, 2.05) is 37.3 Å². The van der Waals surface area contributed by atoms with Gasteiger partial charge in [-0.1, -0.05) is 37.3 Å². The Morgan fingerprint density at radius 3 is 2.58 bits per heavy atom. The van der Waals surface area contributed by atoms with Crippen LogP contribution in [0.4, 0.5) is 4.79 Å². The zero-order valence-corrected chi connectivity index (χ0v) is 14.6. The van der Waals surface area contributed by atoms with Gasteiger partial charge in [-0.2, -0.15) is 0 Å². The molecule has 3 unspecified atom stereocenters. The molecule has 1 saturated heterocycles. The number of hydrogen-bond acceptors (Lipinski definition) is 3. The average molecular weight is 333 g/mol. The number of nitrogens with zero attached hydrogens (tertiary/aromatic N) is 1. The third-order valence-electron chi connectivity index (χ3n) is 4.47. The first kappa shape index (κ1) is 18.3. The second-order valence-corrected chi connectivity index (χ2v) is 6.57. The maximum Gasteiger partial charge on any atom is 0.317 e. The molecule has 24 heavy (non-hydrogen) atoms. The first-order valence-corrected chi connectivity index (χ1v) is 8.45. The molecule has 3 atom stereocenters. The molecule has 1 aliphatic heterocycles. The van der Waals surface area contributed by atoms with Crippen molar-refractivity contribution in [3.63, 3.8) is 0 Å². The van der Waals surface area contributed by atoms with Crippen molar-refractivity contribution in [3.05, 3.63) is 35.9 Å². The number of benzene rings is 1. The van der Waals surface area contributed by atoms with Crippen LogP contribution in [0.15, 0.2) is 30.3 Å². The van der Waals surface area contributed by atoms with E-state index in [9.17, 15) is 14.7 Å². The van der Waals surface area contributed by atoms with Crippen molar-refractivity contribution in [1.29, 1.82) is 0 Å². The van der Waals surface area contributed by atoms with Crippen LogP contribution in [-0.2, 0) is 4.79 Å². The Kier molecular flexibility index (Phi) is 5.83. The molecule has 3 amide bonds. The van der Waals surface area contributed by atoms with Crippen molar-refractivity contribution in [1.82, 2.24) is 15.5 Å². The zero-order valence-electron chi connectivity index (χ0n) is 14.6. The highest BCUT2D eigenvalue weighted by atomic mass is 16.3. The van der Waals surface area contributed by atoms with E-state index < -0.39 is 17.7 Å². The number of carbonyl (C=O) groups is 2. The molecule has 0 spiro atoms. The predicted molar refractivity (Wildman–Crippen MR) is 92.4 cm³/mol. The van der Waals surface area contributed by atoms with Crippen molar-refractivity contribution in [2.45, 2.75) is 51.3 Å². The first-order valence-electron chi connectivity index (χ1n) is 8.45. The monoisotopic (exact) mass is 333 g/mol. The Morgan fingerprint density at radius 1 is 1.33 bits per heavy atom. The van der Waals surface area contributed by atoms with Gasteiger partial charge in [0.1, 0.15) is 0 Å². The van der Waals surface area contributed by atoms with E-state index in [4.69, 9.17) is 0 Å². The number of hydrogen-bond donors (Lipinski definition) is 3. The van der Waals surface area contributed by atoms with E-state index in [0.29, 0.717) is 19.5 Å². The van der Waals surface area contributed by atoms with Gasteiger partial charge in [-0.25, -0.2) is 4.79 Å². The van der Waals surface area contributed by atoms with Gasteiger partial charge in [0.15, 0.2) is 0 Å². The van der Waals surface area contributed by atoms with Crippen molar-refractivity contribution in [2.24, 2.45) is 0 Å². The quantitative estimate of drug-likeness (QED) is 0.786. The molecule has 1 fully saturated rings. The Labute approximate surface area is 143 Å². The fourth-order valence-corrected chi connectivity index (χ4v) is 3.20. The summed E-state index contributed by atoms with van der Waals surface area (Å²) in [5.74, 6) is -0.225. The molecular formula is C18H27N3O3. The normalized spacial score (nSPS) is 26.8. The number of rotatable bonds is 4. The highest BCUT2D eigenvalue weighted by Gasteiger charge is 2.47. The van der Waals surface area contributed by atoms with Crippen molar-refractivity contribution in [2.75, 3.05) is 13.1 Å². The van der Waals surface area contributed by atoms with Gasteiger partial charge in [0.25, 0.3) is 0 Å². The first-order chi connectivity index (χ1) is 11.4. The summed E-state index contributed by atoms with van der Waals surface area (Å²) in [6, 6.07) is 8.37. The summed E-state index contributed by atoms with van der Waals surface area (Å²) < 4.78 is 0. The molecule has 6 nitrogen and oxygen atoms in total. The molecule has 2 rings (SSSR count). The van der Waals surface area contributed by atoms with Crippen LogP contribution in [-0.4, -0.2) is 46.7 Å². The number of piperidine rings is 1. The second-order valence-electron chi connectivity index (χ2n) is 6.57. The van der Waals surface area contributed by atoms with Crippen LogP contribution in [0.1, 0.15) is 45.2 Å². The fourth-order valence-electron chi connectivity index (χ4n) is 3.20. The summed E-state index contributed by atoms with van der Waals surface area (Å²) in [4.78, 5) is 26.0. The van der Waals surface area contributed by atoms with Crippen LogP contribution in [0, 0.1) is 0 Å². The molecule has 132 valence electrons. The van der Waals surface area contributed by atoms with Crippen LogP contribution in [0.2, 0.25) is 0 Å². The van der Waals surface area contributed by atoms with Crippen molar-refractivity contribution >= 4 is 11.9 Å². The van der Waals surface area contributed by atoms with Crippen molar-refractivity contribution in [3.8, 4) is 0 Å². The summed E-state index contributed by atoms with van der Waals surface area (Å²) in [5.41, 5.74) is -0.198. The minimum absolute atomic E-state index is 0.170. The third kappa shape index (κ3) is 4.06. The maximum atomic E-state index is 12.6. The third-order valence-corrected chi connectivity index (χ3v) is 4.47. The summed E-state index contributed by atoms with van der Waals surface area (Å²) in [6.07, 6.45) is 1.25. The molecule has 1 aromatic carbocycles. The lowest BCUT2D eigenvalue weighted by atomic mass is 9.79. The summed E-state index contributed by atoms with van der Waals surface area (Å²) >= 11 is 0. The Morgan fingerprint density at radius 2 is 2.00 bits per heavy atom. The molecule has 3 N–H and O–H groups in total. The van der Waals surface area contributed by atoms with E-state index in [0.717, 1.165) is 12.0 Å². The minimum Gasteiger partial charge on any atom is -0.388 e. The Bertz CT molecular complexity index is 574. The highest BCUT2D eigenvalue weighted by molar-refractivity contribution is 5.76. The van der Waals surface area contributed by atoms with Crippen LogP contribution in [0.3, 0.4) is 0 Å². The van der Waals surface area contributed by atoms with E-state index in [-0.39, 0.29) is 11.9 Å². The smallest absolute Gasteiger partial charge is 0.317 e. The van der Waals surface area contributed by atoms with Gasteiger partial charge in [-0.3, -0.25) is 4.79 Å². The van der Waals surface area contributed by atoms with Gasteiger partial charge in [0, 0.05) is 20.0 Å². The van der Waals surface area contributed by atoms with Crippen LogP contribution in [0.5, 0.6) is 0 Å². The molecule has 0 aromatic heterocycles. The van der Waals surface area contributed by atoms with Gasteiger partial charge in [0.2, 0.25) is 5.91 Å². The largest absolute Gasteiger partial charge is 0.388 e. The van der Waals surface area contributed by atoms with Gasteiger partial charge in [-0.05, 0) is 25.3 Å². The highest BCUT2D eigenvalue weighted by Crippen LogP contribution is 2.37.